The number of nitrogens with one attached hydrogen (secondary N) is 1. The van der Waals surface area contributed by atoms with Crippen LogP contribution in [0.25, 0.3) is 0 Å². The van der Waals surface area contributed by atoms with Gasteiger partial charge >= 0.3 is 0 Å². The number of sulfone groups is 1. The molecule has 0 spiro atoms. The minimum absolute atomic E-state index is 0.0816. The van der Waals surface area contributed by atoms with Crippen molar-refractivity contribution < 1.29 is 13.2 Å². The van der Waals surface area contributed by atoms with E-state index in [0.29, 0.717) is 6.61 Å². The van der Waals surface area contributed by atoms with Crippen LogP contribution in [0, 0.1) is 0 Å². The third-order valence-corrected chi connectivity index (χ3v) is 3.95. The van der Waals surface area contributed by atoms with E-state index >= 15 is 0 Å². The summed E-state index contributed by atoms with van der Waals surface area (Å²) in [5, 5.41) is 3.11. The summed E-state index contributed by atoms with van der Waals surface area (Å²) in [6.07, 6.45) is 1.66. The van der Waals surface area contributed by atoms with Crippen molar-refractivity contribution in [3.8, 4) is 0 Å². The Morgan fingerprint density at radius 1 is 1.33 bits per heavy atom. The molecule has 0 aromatic rings. The van der Waals surface area contributed by atoms with E-state index < -0.39 is 9.84 Å². The molecule has 0 fully saturated rings. The summed E-state index contributed by atoms with van der Waals surface area (Å²) in [6.45, 7) is 5.16. The van der Waals surface area contributed by atoms with Crippen molar-refractivity contribution >= 4 is 9.84 Å². The quantitative estimate of drug-likeness (QED) is 0.645. The van der Waals surface area contributed by atoms with Crippen LogP contribution in [0.5, 0.6) is 0 Å². The van der Waals surface area contributed by atoms with Crippen molar-refractivity contribution in [1.29, 1.82) is 0 Å². The fourth-order valence-electron chi connectivity index (χ4n) is 1.41. The van der Waals surface area contributed by atoms with Gasteiger partial charge in [-0.3, -0.25) is 0 Å². The van der Waals surface area contributed by atoms with Crippen molar-refractivity contribution in [3.63, 3.8) is 0 Å². The van der Waals surface area contributed by atoms with Gasteiger partial charge in [0.05, 0.1) is 18.1 Å². The van der Waals surface area contributed by atoms with Gasteiger partial charge < -0.3 is 10.1 Å². The van der Waals surface area contributed by atoms with E-state index in [4.69, 9.17) is 4.74 Å². The molecule has 0 aliphatic carbocycles. The third-order valence-electron chi connectivity index (χ3n) is 2.12. The minimum atomic E-state index is -2.93. The van der Waals surface area contributed by atoms with E-state index in [1.165, 1.54) is 0 Å². The Morgan fingerprint density at radius 2 is 2.00 bits per heavy atom. The van der Waals surface area contributed by atoms with Crippen LogP contribution in [-0.2, 0) is 14.6 Å². The summed E-state index contributed by atoms with van der Waals surface area (Å²) in [5.74, 6) is 0.462. The Morgan fingerprint density at radius 3 is 2.47 bits per heavy atom. The van der Waals surface area contributed by atoms with Crippen LogP contribution in [0.1, 0.15) is 26.7 Å². The third kappa shape index (κ3) is 7.76. The molecule has 4 nitrogen and oxygen atoms in total. The smallest absolute Gasteiger partial charge is 0.151 e. The normalized spacial score (nSPS) is 14.1. The van der Waals surface area contributed by atoms with E-state index in [1.54, 1.807) is 7.11 Å². The maximum Gasteiger partial charge on any atom is 0.151 e. The number of rotatable bonds is 9. The van der Waals surface area contributed by atoms with Gasteiger partial charge in [0, 0.05) is 13.2 Å². The zero-order valence-electron chi connectivity index (χ0n) is 9.95. The fraction of sp³-hybridized carbons (Fsp3) is 1.00. The van der Waals surface area contributed by atoms with Crippen LogP contribution in [0.3, 0.4) is 0 Å². The number of ether oxygens (including phenoxy) is 1. The van der Waals surface area contributed by atoms with Gasteiger partial charge in [-0.1, -0.05) is 20.3 Å². The molecule has 0 aromatic heterocycles. The molecular formula is C10H23NO3S. The molecule has 0 aromatic carbocycles. The molecule has 5 heteroatoms. The van der Waals surface area contributed by atoms with Crippen molar-refractivity contribution in [3.05, 3.63) is 0 Å². The Hall–Kier alpha value is -0.130. The molecule has 0 rings (SSSR count). The topological polar surface area (TPSA) is 55.4 Å². The first-order valence-corrected chi connectivity index (χ1v) is 7.30. The summed E-state index contributed by atoms with van der Waals surface area (Å²) < 4.78 is 28.3. The van der Waals surface area contributed by atoms with E-state index in [0.717, 1.165) is 19.4 Å². The van der Waals surface area contributed by atoms with Crippen molar-refractivity contribution in [2.75, 3.05) is 31.8 Å². The second kappa shape index (κ2) is 8.07. The SMILES string of the molecule is CCCCS(=O)(=O)CC(COC)NCC. The second-order valence-corrected chi connectivity index (χ2v) is 5.91. The number of likely N-dealkylation sites (N-methyl/N-ethyl adjacent to an activating group) is 1. The van der Waals surface area contributed by atoms with Crippen LogP contribution in [-0.4, -0.2) is 46.2 Å². The molecule has 0 radical (unpaired) electrons. The molecule has 1 atom stereocenters. The van der Waals surface area contributed by atoms with Crippen molar-refractivity contribution in [2.24, 2.45) is 0 Å². The molecular weight excluding hydrogens is 214 g/mol. The van der Waals surface area contributed by atoms with Crippen LogP contribution < -0.4 is 5.32 Å². The lowest BCUT2D eigenvalue weighted by Gasteiger charge is -2.16. The Bertz CT molecular complexity index is 233. The van der Waals surface area contributed by atoms with Gasteiger partial charge in [0.25, 0.3) is 0 Å². The van der Waals surface area contributed by atoms with Crippen LogP contribution in [0.4, 0.5) is 0 Å². The molecule has 15 heavy (non-hydrogen) atoms. The highest BCUT2D eigenvalue weighted by molar-refractivity contribution is 7.91. The van der Waals surface area contributed by atoms with Gasteiger partial charge in [-0.05, 0) is 13.0 Å². The van der Waals surface area contributed by atoms with Crippen LogP contribution in [0.2, 0.25) is 0 Å². The predicted molar refractivity (Wildman–Crippen MR) is 62.9 cm³/mol. The highest BCUT2D eigenvalue weighted by atomic mass is 32.2. The molecule has 0 aliphatic rings. The minimum Gasteiger partial charge on any atom is -0.383 e. The van der Waals surface area contributed by atoms with E-state index in [2.05, 4.69) is 5.32 Å². The summed E-state index contributed by atoms with van der Waals surface area (Å²) in [5.41, 5.74) is 0. The maximum absolute atomic E-state index is 11.7. The van der Waals surface area contributed by atoms with E-state index in [1.807, 2.05) is 13.8 Å². The van der Waals surface area contributed by atoms with Gasteiger partial charge in [-0.25, -0.2) is 8.42 Å². The van der Waals surface area contributed by atoms with Crippen LogP contribution in [0.15, 0.2) is 0 Å². The summed E-state index contributed by atoms with van der Waals surface area (Å²) in [6, 6.07) is -0.0816. The first-order chi connectivity index (χ1) is 7.05. The molecule has 1 N–H and O–H groups in total. The number of hydrogen-bond donors (Lipinski definition) is 1. The first kappa shape index (κ1) is 14.9. The van der Waals surface area contributed by atoms with Crippen LogP contribution >= 0.6 is 0 Å². The lowest BCUT2D eigenvalue weighted by atomic mass is 10.3. The van der Waals surface area contributed by atoms with Crippen molar-refractivity contribution in [2.45, 2.75) is 32.7 Å². The Labute approximate surface area is 93.3 Å². The average molecular weight is 237 g/mol. The van der Waals surface area contributed by atoms with E-state index in [-0.39, 0.29) is 17.5 Å². The largest absolute Gasteiger partial charge is 0.383 e. The van der Waals surface area contributed by atoms with Gasteiger partial charge in [0.2, 0.25) is 0 Å². The van der Waals surface area contributed by atoms with Gasteiger partial charge in [-0.15, -0.1) is 0 Å². The second-order valence-electron chi connectivity index (χ2n) is 3.68. The van der Waals surface area contributed by atoms with Crippen molar-refractivity contribution in [1.82, 2.24) is 5.32 Å². The average Bonchev–Trinajstić information content (AvgIpc) is 2.15. The summed E-state index contributed by atoms with van der Waals surface area (Å²) in [7, 11) is -1.34. The monoisotopic (exact) mass is 237 g/mol. The lowest BCUT2D eigenvalue weighted by molar-refractivity contribution is 0.174. The van der Waals surface area contributed by atoms with E-state index in [9.17, 15) is 8.42 Å². The lowest BCUT2D eigenvalue weighted by Crippen LogP contribution is -2.39. The summed E-state index contributed by atoms with van der Waals surface area (Å²) >= 11 is 0. The molecule has 0 bridgehead atoms. The standard InChI is InChI=1S/C10H23NO3S/c1-4-6-7-15(12,13)9-10(8-14-3)11-5-2/h10-11H,4-9H2,1-3H3. The molecule has 0 saturated carbocycles. The first-order valence-electron chi connectivity index (χ1n) is 5.48. The predicted octanol–water partition coefficient (Wildman–Crippen LogP) is 0.826. The zero-order chi connectivity index (χ0) is 11.7. The summed E-state index contributed by atoms with van der Waals surface area (Å²) in [4.78, 5) is 0. The highest BCUT2D eigenvalue weighted by Gasteiger charge is 2.17. The number of unbranched alkanes of at least 4 members (excludes halogenated alkanes) is 1. The molecule has 92 valence electrons. The molecule has 0 amide bonds. The number of hydrogen-bond acceptors (Lipinski definition) is 4. The Balaban J connectivity index is 4.12. The molecule has 0 aliphatic heterocycles. The van der Waals surface area contributed by atoms with Gasteiger partial charge in [0.1, 0.15) is 0 Å². The molecule has 0 saturated heterocycles. The van der Waals surface area contributed by atoms with Gasteiger partial charge in [0.15, 0.2) is 9.84 Å². The zero-order valence-corrected chi connectivity index (χ0v) is 10.8. The highest BCUT2D eigenvalue weighted by Crippen LogP contribution is 2.00. The van der Waals surface area contributed by atoms with Gasteiger partial charge in [-0.2, -0.15) is 0 Å². The number of methoxy groups -OCH3 is 1. The fourth-order valence-corrected chi connectivity index (χ4v) is 3.13. The Kier molecular flexibility index (Phi) is 8.00. The molecule has 1 unspecified atom stereocenters. The maximum atomic E-state index is 11.7. The molecule has 0 heterocycles.